The Labute approximate surface area is 202 Å². The Morgan fingerprint density at radius 1 is 0.472 bits per heavy atom. The normalized spacial score (nSPS) is 10.3. The summed E-state index contributed by atoms with van der Waals surface area (Å²) < 4.78 is 0. The van der Waals surface area contributed by atoms with Gasteiger partial charge in [-0.15, -0.1) is 0 Å². The summed E-state index contributed by atoms with van der Waals surface area (Å²) in [7, 11) is 0. The number of hydrogen-bond donors (Lipinski definition) is 0. The van der Waals surface area contributed by atoms with Gasteiger partial charge in [0.1, 0.15) is 0 Å². The first-order valence-electron chi connectivity index (χ1n) is 10.6. The van der Waals surface area contributed by atoms with Gasteiger partial charge in [-0.3, -0.25) is 0 Å². The summed E-state index contributed by atoms with van der Waals surface area (Å²) in [5, 5.41) is 34.4. The average Bonchev–Trinajstić information content (AvgIpc) is 2.85. The van der Waals surface area contributed by atoms with Crippen molar-refractivity contribution in [2.24, 2.45) is 0 Å². The predicted octanol–water partition coefficient (Wildman–Crippen LogP) is 5.12. The SMILES string of the molecule is O=[N+]([O-])[O-].O=[N+]([O-])[O-].c1ccc2[nH+]c3cccc(-c4cccc5[nH+]c6ccccc6cc45)c3cc2c1. The van der Waals surface area contributed by atoms with Gasteiger partial charge in [-0.05, 0) is 35.4 Å². The zero-order valence-corrected chi connectivity index (χ0v) is 18.6. The van der Waals surface area contributed by atoms with Gasteiger partial charge in [0, 0.05) is 35.0 Å². The molecule has 0 saturated heterocycles. The second kappa shape index (κ2) is 10.3. The molecule has 0 spiro atoms. The van der Waals surface area contributed by atoms with Crippen molar-refractivity contribution in [1.82, 2.24) is 0 Å². The van der Waals surface area contributed by atoms with Gasteiger partial charge in [0.2, 0.25) is 22.1 Å². The number of H-pyrrole nitrogens is 2. The Balaban J connectivity index is 0.000000336. The molecule has 0 amide bonds. The van der Waals surface area contributed by atoms with Crippen LogP contribution in [0.15, 0.2) is 97.1 Å². The molecule has 0 radical (unpaired) electrons. The lowest BCUT2D eigenvalue weighted by Crippen LogP contribution is -2.06. The van der Waals surface area contributed by atoms with E-state index in [1.54, 1.807) is 0 Å². The third-order valence-corrected chi connectivity index (χ3v) is 5.56. The van der Waals surface area contributed by atoms with E-state index in [4.69, 9.17) is 30.6 Å². The van der Waals surface area contributed by atoms with Gasteiger partial charge < -0.3 is 30.6 Å². The molecule has 2 aromatic heterocycles. The fraction of sp³-hybridized carbons (Fsp3) is 0. The second-order valence-electron chi connectivity index (χ2n) is 7.69. The Hall–Kier alpha value is -5.38. The number of benzene rings is 4. The molecule has 0 aliphatic carbocycles. The van der Waals surface area contributed by atoms with E-state index in [0.29, 0.717) is 0 Å². The monoisotopic (exact) mass is 482 g/mol. The molecule has 0 aliphatic heterocycles. The van der Waals surface area contributed by atoms with Crippen LogP contribution in [0.1, 0.15) is 0 Å². The average molecular weight is 482 g/mol. The van der Waals surface area contributed by atoms with Crippen LogP contribution in [0.5, 0.6) is 0 Å². The van der Waals surface area contributed by atoms with Gasteiger partial charge >= 0.3 is 0 Å². The highest BCUT2D eigenvalue weighted by Gasteiger charge is 2.15. The molecule has 0 bridgehead atoms. The number of para-hydroxylation sites is 2. The minimum atomic E-state index is -1.75. The van der Waals surface area contributed by atoms with E-state index < -0.39 is 10.2 Å². The molecule has 0 atom stereocenters. The highest BCUT2D eigenvalue weighted by Crippen LogP contribution is 2.33. The number of rotatable bonds is 1. The first-order chi connectivity index (χ1) is 17.3. The second-order valence-corrected chi connectivity index (χ2v) is 7.69. The van der Waals surface area contributed by atoms with Crippen LogP contribution in [0.25, 0.3) is 54.7 Å². The lowest BCUT2D eigenvalue weighted by molar-refractivity contribution is -0.403. The maximum absolute atomic E-state index is 8.25. The largest absolute Gasteiger partial charge is 0.356 e. The van der Waals surface area contributed by atoms with E-state index >= 15 is 0 Å². The summed E-state index contributed by atoms with van der Waals surface area (Å²) in [6.45, 7) is 0. The van der Waals surface area contributed by atoms with Crippen LogP contribution in [0.3, 0.4) is 0 Å². The van der Waals surface area contributed by atoms with Crippen molar-refractivity contribution in [2.45, 2.75) is 0 Å². The van der Waals surface area contributed by atoms with Crippen molar-refractivity contribution in [3.63, 3.8) is 0 Å². The van der Waals surface area contributed by atoms with Crippen molar-refractivity contribution in [3.8, 4) is 11.1 Å². The molecule has 10 nitrogen and oxygen atoms in total. The Morgan fingerprint density at radius 3 is 1.19 bits per heavy atom. The van der Waals surface area contributed by atoms with Crippen LogP contribution < -0.4 is 9.97 Å². The van der Waals surface area contributed by atoms with Crippen molar-refractivity contribution in [2.75, 3.05) is 0 Å². The van der Waals surface area contributed by atoms with E-state index in [2.05, 4.69) is 107 Å². The number of fused-ring (bicyclic) bond motifs is 4. The molecule has 0 saturated carbocycles. The number of nitrogens with zero attached hydrogens (tertiary/aromatic N) is 2. The van der Waals surface area contributed by atoms with Gasteiger partial charge in [-0.25, -0.2) is 9.97 Å². The van der Waals surface area contributed by atoms with Gasteiger partial charge in [-0.2, -0.15) is 0 Å². The molecule has 178 valence electrons. The molecule has 2 heterocycles. The van der Waals surface area contributed by atoms with Crippen LogP contribution in [0.2, 0.25) is 0 Å². The number of hydrogen-bond acceptors (Lipinski definition) is 6. The summed E-state index contributed by atoms with van der Waals surface area (Å²) in [6, 6.07) is 34.5. The summed E-state index contributed by atoms with van der Waals surface area (Å²) in [6.07, 6.45) is 0. The molecule has 4 aromatic carbocycles. The molecular weight excluding hydrogens is 464 g/mol. The Kier molecular flexibility index (Phi) is 6.78. The highest BCUT2D eigenvalue weighted by molar-refractivity contribution is 6.06. The van der Waals surface area contributed by atoms with Crippen LogP contribution in [-0.4, -0.2) is 10.2 Å². The molecule has 0 unspecified atom stereocenters. The number of aromatic amines is 2. The molecule has 6 aromatic rings. The van der Waals surface area contributed by atoms with Gasteiger partial charge in [-0.1, -0.05) is 48.5 Å². The fourth-order valence-electron chi connectivity index (χ4n) is 4.20. The first-order valence-corrected chi connectivity index (χ1v) is 10.6. The molecule has 0 fully saturated rings. The third kappa shape index (κ3) is 5.23. The van der Waals surface area contributed by atoms with E-state index in [9.17, 15) is 0 Å². The van der Waals surface area contributed by atoms with Crippen LogP contribution in [0.4, 0.5) is 0 Å². The van der Waals surface area contributed by atoms with Crippen molar-refractivity contribution in [1.29, 1.82) is 0 Å². The number of nitrogens with one attached hydrogen (secondary N) is 2. The molecule has 36 heavy (non-hydrogen) atoms. The quantitative estimate of drug-likeness (QED) is 0.180. The molecule has 6 rings (SSSR count). The fourth-order valence-corrected chi connectivity index (χ4v) is 4.20. The van der Waals surface area contributed by atoms with Crippen molar-refractivity contribution in [3.05, 3.63) is 128 Å². The van der Waals surface area contributed by atoms with Gasteiger partial charge in [0.25, 0.3) is 0 Å². The van der Waals surface area contributed by atoms with E-state index in [1.165, 1.54) is 32.7 Å². The maximum Gasteiger partial charge on any atom is 0.211 e. The van der Waals surface area contributed by atoms with Gasteiger partial charge in [0.15, 0.2) is 0 Å². The van der Waals surface area contributed by atoms with Crippen LogP contribution in [-0.2, 0) is 0 Å². The number of pyridine rings is 2. The lowest BCUT2D eigenvalue weighted by Gasteiger charge is -2.08. The first kappa shape index (κ1) is 23.8. The van der Waals surface area contributed by atoms with Crippen molar-refractivity contribution < 1.29 is 20.1 Å². The Bertz CT molecular complexity index is 1600. The standard InChI is InChI=1S/C26H16N2.2NO3/c1-3-11-23-17(7-1)15-21-19(9-5-13-25(21)27-23)20-10-6-14-26-22(20)16-18-8-2-4-12-24(18)28-26;2*2-1(3)4/h1-16H;;/q;2*-1/p+2. The highest BCUT2D eigenvalue weighted by atomic mass is 16.9. The smallest absolute Gasteiger partial charge is 0.211 e. The predicted molar refractivity (Wildman–Crippen MR) is 136 cm³/mol. The molecule has 10 heteroatoms. The summed E-state index contributed by atoms with van der Waals surface area (Å²) in [5.41, 5.74) is 7.10. The lowest BCUT2D eigenvalue weighted by atomic mass is 9.95. The zero-order chi connectivity index (χ0) is 25.7. The molecule has 0 aliphatic rings. The molecule has 2 N–H and O–H groups in total. The Morgan fingerprint density at radius 2 is 0.806 bits per heavy atom. The maximum atomic E-state index is 8.25. The van der Waals surface area contributed by atoms with E-state index in [0.717, 1.165) is 22.1 Å². The van der Waals surface area contributed by atoms with E-state index in [1.807, 2.05) is 0 Å². The summed E-state index contributed by atoms with van der Waals surface area (Å²) >= 11 is 0. The van der Waals surface area contributed by atoms with Gasteiger partial charge in [0.05, 0.1) is 20.9 Å². The number of aromatic nitrogens is 2. The zero-order valence-electron chi connectivity index (χ0n) is 18.6. The van der Waals surface area contributed by atoms with E-state index in [-0.39, 0.29) is 0 Å². The molecular formula is C26H18N4O6. The summed E-state index contributed by atoms with van der Waals surface area (Å²) in [5.74, 6) is 0. The van der Waals surface area contributed by atoms with Crippen LogP contribution in [0, 0.1) is 30.6 Å². The van der Waals surface area contributed by atoms with Crippen molar-refractivity contribution >= 4 is 43.6 Å². The topological polar surface area (TPSA) is 161 Å². The minimum absolute atomic E-state index is 1.15. The van der Waals surface area contributed by atoms with Crippen LogP contribution >= 0.6 is 0 Å². The minimum Gasteiger partial charge on any atom is -0.356 e. The third-order valence-electron chi connectivity index (χ3n) is 5.56. The summed E-state index contributed by atoms with van der Waals surface area (Å²) in [4.78, 5) is 23.7.